The molecule has 0 radical (unpaired) electrons. The minimum Gasteiger partial charge on any atom is -0.492 e. The number of thiophene rings is 1. The third-order valence-corrected chi connectivity index (χ3v) is 10.3. The van der Waals surface area contributed by atoms with Crippen molar-refractivity contribution in [2.75, 3.05) is 13.2 Å². The summed E-state index contributed by atoms with van der Waals surface area (Å²) in [5, 5.41) is 0. The van der Waals surface area contributed by atoms with Gasteiger partial charge in [-0.1, -0.05) is 135 Å². The van der Waals surface area contributed by atoms with E-state index in [9.17, 15) is 4.79 Å². The average Bonchev–Trinajstić information content (AvgIpc) is 3.69. The fourth-order valence-electron chi connectivity index (χ4n) is 5.99. The van der Waals surface area contributed by atoms with Gasteiger partial charge in [-0.15, -0.1) is 17.8 Å². The number of benzene rings is 1. The Bertz CT molecular complexity index is 2330. The molecule has 0 aliphatic heterocycles. The molecule has 0 amide bonds. The van der Waals surface area contributed by atoms with E-state index in [1.165, 1.54) is 108 Å². The predicted molar refractivity (Wildman–Crippen MR) is 257 cm³/mol. The van der Waals surface area contributed by atoms with Crippen LogP contribution in [0.4, 0.5) is 0 Å². The molecule has 1 heterocycles. The van der Waals surface area contributed by atoms with Gasteiger partial charge in [0.15, 0.2) is 0 Å². The molecular formula is C57H60O4S. The summed E-state index contributed by atoms with van der Waals surface area (Å²) in [6, 6.07) is 5.42. The van der Waals surface area contributed by atoms with Gasteiger partial charge in [0.1, 0.15) is 17.6 Å². The number of terminal acetylenes is 1. The lowest BCUT2D eigenvalue weighted by Gasteiger charge is -2.11. The maximum Gasteiger partial charge on any atom is 0.340 e. The van der Waals surface area contributed by atoms with E-state index in [0.29, 0.717) is 45.6 Å². The largest absolute Gasteiger partial charge is 0.492 e. The van der Waals surface area contributed by atoms with Crippen LogP contribution >= 0.6 is 11.3 Å². The van der Waals surface area contributed by atoms with E-state index in [2.05, 4.69) is 127 Å². The van der Waals surface area contributed by atoms with Crippen LogP contribution in [0.25, 0.3) is 0 Å². The van der Waals surface area contributed by atoms with E-state index >= 15 is 0 Å². The van der Waals surface area contributed by atoms with Crippen molar-refractivity contribution in [3.05, 3.63) is 44.6 Å². The van der Waals surface area contributed by atoms with Gasteiger partial charge in [0.2, 0.25) is 0 Å². The van der Waals surface area contributed by atoms with Crippen LogP contribution in [0.15, 0.2) is 18.2 Å². The van der Waals surface area contributed by atoms with Gasteiger partial charge < -0.3 is 14.2 Å². The molecule has 5 heteroatoms. The van der Waals surface area contributed by atoms with Crippen LogP contribution in [0.3, 0.4) is 0 Å². The summed E-state index contributed by atoms with van der Waals surface area (Å²) >= 11 is 1.32. The Morgan fingerprint density at radius 1 is 0.565 bits per heavy atom. The highest BCUT2D eigenvalue weighted by Crippen LogP contribution is 2.29. The van der Waals surface area contributed by atoms with Gasteiger partial charge in [-0.05, 0) is 115 Å². The number of ether oxygens (including phenoxy) is 3. The van der Waals surface area contributed by atoms with Crippen molar-refractivity contribution in [3.8, 4) is 131 Å². The van der Waals surface area contributed by atoms with E-state index in [-0.39, 0.29) is 0 Å². The van der Waals surface area contributed by atoms with Crippen LogP contribution < -0.4 is 9.47 Å². The first-order valence-electron chi connectivity index (χ1n) is 22.2. The lowest BCUT2D eigenvalue weighted by atomic mass is 10.1. The number of hydrogen-bond donors (Lipinski definition) is 0. The summed E-state index contributed by atoms with van der Waals surface area (Å²) in [6.07, 6.45) is 32.2. The summed E-state index contributed by atoms with van der Waals surface area (Å²) < 4.78 is 17.7. The van der Waals surface area contributed by atoms with Crippen molar-refractivity contribution in [2.24, 2.45) is 0 Å². The van der Waals surface area contributed by atoms with Crippen LogP contribution in [-0.4, -0.2) is 19.2 Å². The van der Waals surface area contributed by atoms with Crippen molar-refractivity contribution in [2.45, 2.75) is 156 Å². The molecule has 0 unspecified atom stereocenters. The molecule has 0 spiro atoms. The molecule has 1 aromatic heterocycles. The Kier molecular flexibility index (Phi) is 30.4. The van der Waals surface area contributed by atoms with Gasteiger partial charge in [0.25, 0.3) is 0 Å². The number of carbonyl (C=O) groups excluding carboxylic acids is 1. The quantitative estimate of drug-likeness (QED) is 0.0568. The monoisotopic (exact) mass is 840 g/mol. The maximum atomic E-state index is 13.1. The minimum atomic E-state index is -0.403. The highest BCUT2D eigenvalue weighted by atomic mass is 32.1. The third kappa shape index (κ3) is 25.3. The van der Waals surface area contributed by atoms with Crippen molar-refractivity contribution >= 4 is 17.3 Å². The molecule has 0 fully saturated rings. The fourth-order valence-corrected chi connectivity index (χ4v) is 6.85. The molecule has 0 aliphatic rings. The van der Waals surface area contributed by atoms with Gasteiger partial charge in [-0.2, -0.15) is 0 Å². The molecule has 318 valence electrons. The molecule has 0 saturated heterocycles. The molecule has 0 N–H and O–H groups in total. The van der Waals surface area contributed by atoms with Gasteiger partial charge in [-0.3, -0.25) is 0 Å². The zero-order valence-corrected chi connectivity index (χ0v) is 38.2. The first-order chi connectivity index (χ1) is 30.5. The molecule has 2 rings (SSSR count). The van der Waals surface area contributed by atoms with E-state index in [0.717, 1.165) is 37.7 Å². The van der Waals surface area contributed by atoms with Crippen LogP contribution in [0.1, 0.15) is 180 Å². The van der Waals surface area contributed by atoms with Gasteiger partial charge in [0, 0.05) is 35.7 Å². The van der Waals surface area contributed by atoms with Crippen LogP contribution in [0.5, 0.6) is 11.5 Å². The molecule has 4 nitrogen and oxygen atoms in total. The van der Waals surface area contributed by atoms with Gasteiger partial charge in [-0.25, -0.2) is 4.79 Å². The molecule has 62 heavy (non-hydrogen) atoms. The SMILES string of the molecule is C#CC#CC#CC#CC#CC#COc1cc(C#CC#Cc2cc(C(=O)OCCCCCCCCCCCC)c(C#CC#CC)s2)c(OCCCCCCCCCCCC)cc1C. The second-order valence-electron chi connectivity index (χ2n) is 14.4. The fraction of sp³-hybridized carbons (Fsp3) is 0.456. The van der Waals surface area contributed by atoms with Crippen molar-refractivity contribution in [1.82, 2.24) is 0 Å². The minimum absolute atomic E-state index is 0.374. The Morgan fingerprint density at radius 2 is 1.08 bits per heavy atom. The lowest BCUT2D eigenvalue weighted by molar-refractivity contribution is 0.0498. The normalized spacial score (nSPS) is 8.95. The number of hydrogen-bond acceptors (Lipinski definition) is 5. The van der Waals surface area contributed by atoms with E-state index < -0.39 is 5.97 Å². The molecule has 0 atom stereocenters. The zero-order valence-electron chi connectivity index (χ0n) is 37.4. The molecule has 0 bridgehead atoms. The predicted octanol–water partition coefficient (Wildman–Crippen LogP) is 12.2. The summed E-state index contributed by atoms with van der Waals surface area (Å²) in [4.78, 5) is 14.4. The topological polar surface area (TPSA) is 44.8 Å². The highest BCUT2D eigenvalue weighted by Gasteiger charge is 2.16. The number of esters is 1. The maximum absolute atomic E-state index is 13.1. The number of rotatable bonds is 25. The van der Waals surface area contributed by atoms with Crippen molar-refractivity contribution in [3.63, 3.8) is 0 Å². The third-order valence-electron chi connectivity index (χ3n) is 9.31. The van der Waals surface area contributed by atoms with Crippen molar-refractivity contribution in [1.29, 1.82) is 0 Å². The van der Waals surface area contributed by atoms with Crippen LogP contribution in [0.2, 0.25) is 0 Å². The molecule has 0 saturated carbocycles. The summed E-state index contributed by atoms with van der Waals surface area (Å²) in [5.74, 6) is 49.3. The molecule has 2 aromatic rings. The lowest BCUT2D eigenvalue weighted by Crippen LogP contribution is -2.06. The summed E-state index contributed by atoms with van der Waals surface area (Å²) in [7, 11) is 0. The second-order valence-corrected chi connectivity index (χ2v) is 15.5. The van der Waals surface area contributed by atoms with Crippen LogP contribution in [-0.2, 0) is 4.74 Å². The van der Waals surface area contributed by atoms with E-state index in [4.69, 9.17) is 20.6 Å². The smallest absolute Gasteiger partial charge is 0.340 e. The first kappa shape index (κ1) is 51.7. The Labute approximate surface area is 379 Å². The zero-order chi connectivity index (χ0) is 44.6. The Hall–Kier alpha value is -6.41. The highest BCUT2D eigenvalue weighted by molar-refractivity contribution is 7.13. The first-order valence-corrected chi connectivity index (χ1v) is 23.0. The van der Waals surface area contributed by atoms with Gasteiger partial charge in [0.05, 0.1) is 34.1 Å². The Balaban J connectivity index is 2.17. The van der Waals surface area contributed by atoms with E-state index in [1.807, 2.05) is 13.0 Å². The summed E-state index contributed by atoms with van der Waals surface area (Å²) in [5.41, 5.74) is 1.84. The van der Waals surface area contributed by atoms with Crippen LogP contribution in [0, 0.1) is 126 Å². The standard InChI is InChI=1S/C57H60O4S/c1-6-10-14-17-20-23-26-29-32-38-44-59-54-48-51(55(47-50(54)5)60-45-39-33-30-27-24-21-18-15-11-7-2)41-36-37-42-52-49-53(56(62-52)43-35-13-9-4)57(58)61-46-40-34-31-28-25-22-19-16-12-8-3/h1,47-49H,7-8,11-12,15-16,18-19,21-22,24-25,27-28,30-31,33-34,39-40,45-46H2,2-5H3. The second kappa shape index (κ2) is 36.4. The van der Waals surface area contributed by atoms with E-state index in [1.54, 1.807) is 19.1 Å². The molecular weight excluding hydrogens is 781 g/mol. The number of aryl methyl sites for hydroxylation is 1. The van der Waals surface area contributed by atoms with Crippen molar-refractivity contribution < 1.29 is 19.0 Å². The average molecular weight is 841 g/mol. The molecule has 1 aromatic carbocycles. The van der Waals surface area contributed by atoms with Gasteiger partial charge >= 0.3 is 5.97 Å². The molecule has 0 aliphatic carbocycles. The number of carbonyl (C=O) groups is 1. The number of unbranched alkanes of at least 4 members (excludes halogenated alkanes) is 18. The summed E-state index contributed by atoms with van der Waals surface area (Å²) in [6.45, 7) is 9.08. The Morgan fingerprint density at radius 3 is 1.66 bits per heavy atom.